The summed E-state index contributed by atoms with van der Waals surface area (Å²) in [6, 6.07) is 0. The summed E-state index contributed by atoms with van der Waals surface area (Å²) in [4.78, 5) is 15.6. The van der Waals surface area contributed by atoms with Gasteiger partial charge >= 0.3 is 6.18 Å². The van der Waals surface area contributed by atoms with Crippen molar-refractivity contribution in [3.63, 3.8) is 0 Å². The Morgan fingerprint density at radius 2 is 2.00 bits per heavy atom. The third-order valence-corrected chi connectivity index (χ3v) is 1.21. The Hall–Kier alpha value is -0.820. The fourth-order valence-corrected chi connectivity index (χ4v) is 0.643. The number of amides is 1. The first-order chi connectivity index (χ1) is 6.81. The zero-order valence-corrected chi connectivity index (χ0v) is 8.65. The van der Waals surface area contributed by atoms with Crippen LogP contribution in [0.25, 0.3) is 0 Å². The molecule has 90 valence electrons. The Morgan fingerprint density at radius 1 is 1.40 bits per heavy atom. The molecule has 0 heterocycles. The van der Waals surface area contributed by atoms with E-state index in [-0.39, 0.29) is 5.92 Å². The molecule has 0 fully saturated rings. The number of carbonyl (C=O) groups is 1. The molecule has 0 aromatic carbocycles. The molecule has 0 radical (unpaired) electrons. The number of hydrogen-bond donors (Lipinski definition) is 2. The molecule has 0 bridgehead atoms. The lowest BCUT2D eigenvalue weighted by Crippen LogP contribution is -2.38. The normalized spacial score (nSPS) is 11.9. The number of hydroxylamine groups is 1. The molecule has 0 spiro atoms. The highest BCUT2D eigenvalue weighted by atomic mass is 19.4. The monoisotopic (exact) mass is 228 g/mol. The SMILES string of the molecule is CC(C)CONC(=O)CNCC(F)(F)F. The fraction of sp³-hybridized carbons (Fsp3) is 0.875. The van der Waals surface area contributed by atoms with Gasteiger partial charge in [0.2, 0.25) is 0 Å². The largest absolute Gasteiger partial charge is 0.401 e. The van der Waals surface area contributed by atoms with Crippen LogP contribution in [0.4, 0.5) is 13.2 Å². The lowest BCUT2D eigenvalue weighted by Gasteiger charge is -2.09. The van der Waals surface area contributed by atoms with Gasteiger partial charge in [0.25, 0.3) is 5.91 Å². The average Bonchev–Trinajstić information content (AvgIpc) is 2.00. The van der Waals surface area contributed by atoms with Gasteiger partial charge in [0, 0.05) is 0 Å². The number of alkyl halides is 3. The molecular formula is C8H15F3N2O2. The molecule has 0 aliphatic rings. The first-order valence-electron chi connectivity index (χ1n) is 4.49. The highest BCUT2D eigenvalue weighted by molar-refractivity contribution is 5.76. The standard InChI is InChI=1S/C8H15F3N2O2/c1-6(2)4-15-13-7(14)3-12-5-8(9,10)11/h6,12H,3-5H2,1-2H3,(H,13,14). The predicted molar refractivity (Wildman–Crippen MR) is 47.9 cm³/mol. The topological polar surface area (TPSA) is 50.4 Å². The Morgan fingerprint density at radius 3 is 2.47 bits per heavy atom. The zero-order valence-electron chi connectivity index (χ0n) is 8.65. The third kappa shape index (κ3) is 11.1. The smallest absolute Gasteiger partial charge is 0.300 e. The van der Waals surface area contributed by atoms with Crippen LogP contribution in [0.5, 0.6) is 0 Å². The maximum Gasteiger partial charge on any atom is 0.401 e. The zero-order chi connectivity index (χ0) is 11.9. The predicted octanol–water partition coefficient (Wildman–Crippen LogP) is 0.842. The second kappa shape index (κ2) is 6.62. The van der Waals surface area contributed by atoms with Crippen LogP contribution in [-0.4, -0.2) is 31.8 Å². The van der Waals surface area contributed by atoms with E-state index < -0.39 is 25.2 Å². The van der Waals surface area contributed by atoms with Crippen molar-refractivity contribution in [1.82, 2.24) is 10.8 Å². The van der Waals surface area contributed by atoms with Gasteiger partial charge in [-0.05, 0) is 5.92 Å². The summed E-state index contributed by atoms with van der Waals surface area (Å²) in [6.45, 7) is 2.48. The van der Waals surface area contributed by atoms with Crippen molar-refractivity contribution < 1.29 is 22.8 Å². The summed E-state index contributed by atoms with van der Waals surface area (Å²) >= 11 is 0. The number of carbonyl (C=O) groups excluding carboxylic acids is 1. The minimum absolute atomic E-state index is 0.244. The van der Waals surface area contributed by atoms with E-state index in [1.807, 2.05) is 24.6 Å². The van der Waals surface area contributed by atoms with E-state index in [0.717, 1.165) is 0 Å². The summed E-state index contributed by atoms with van der Waals surface area (Å²) in [5, 5.41) is 1.95. The van der Waals surface area contributed by atoms with Gasteiger partial charge in [-0.2, -0.15) is 13.2 Å². The molecule has 0 aliphatic carbocycles. The lowest BCUT2D eigenvalue weighted by atomic mass is 10.2. The van der Waals surface area contributed by atoms with E-state index >= 15 is 0 Å². The van der Waals surface area contributed by atoms with Crippen LogP contribution >= 0.6 is 0 Å². The minimum Gasteiger partial charge on any atom is -0.300 e. The molecule has 0 aliphatic heterocycles. The van der Waals surface area contributed by atoms with Gasteiger partial charge in [0.05, 0.1) is 19.7 Å². The van der Waals surface area contributed by atoms with Crippen LogP contribution in [0, 0.1) is 5.92 Å². The number of rotatable bonds is 6. The Labute approximate surface area is 86.1 Å². The molecule has 1 amide bonds. The van der Waals surface area contributed by atoms with E-state index in [0.29, 0.717) is 6.61 Å². The molecule has 0 unspecified atom stereocenters. The summed E-state index contributed by atoms with van der Waals surface area (Å²) in [7, 11) is 0. The van der Waals surface area contributed by atoms with E-state index in [4.69, 9.17) is 4.84 Å². The van der Waals surface area contributed by atoms with Crippen LogP contribution in [-0.2, 0) is 9.63 Å². The molecule has 0 rings (SSSR count). The number of hydrogen-bond acceptors (Lipinski definition) is 3. The van der Waals surface area contributed by atoms with E-state index in [1.165, 1.54) is 0 Å². The second-order valence-electron chi connectivity index (χ2n) is 3.45. The highest BCUT2D eigenvalue weighted by Crippen LogP contribution is 2.11. The van der Waals surface area contributed by atoms with Crippen LogP contribution in [0.2, 0.25) is 0 Å². The van der Waals surface area contributed by atoms with Crippen molar-refractivity contribution in [1.29, 1.82) is 0 Å². The van der Waals surface area contributed by atoms with Gasteiger partial charge < -0.3 is 5.32 Å². The molecular weight excluding hydrogens is 213 g/mol. The van der Waals surface area contributed by atoms with Crippen molar-refractivity contribution in [2.24, 2.45) is 5.92 Å². The molecule has 0 saturated carbocycles. The Kier molecular flexibility index (Phi) is 6.26. The molecule has 0 aromatic rings. The van der Waals surface area contributed by atoms with Gasteiger partial charge in [-0.25, -0.2) is 5.48 Å². The molecule has 15 heavy (non-hydrogen) atoms. The van der Waals surface area contributed by atoms with Crippen LogP contribution < -0.4 is 10.8 Å². The Balaban J connectivity index is 3.42. The van der Waals surface area contributed by atoms with E-state index in [9.17, 15) is 18.0 Å². The van der Waals surface area contributed by atoms with Gasteiger partial charge in [0.1, 0.15) is 0 Å². The van der Waals surface area contributed by atoms with Crippen molar-refractivity contribution in [2.75, 3.05) is 19.7 Å². The summed E-state index contributed by atoms with van der Waals surface area (Å²) in [5.74, 6) is -0.381. The van der Waals surface area contributed by atoms with Crippen molar-refractivity contribution in [3.8, 4) is 0 Å². The van der Waals surface area contributed by atoms with Gasteiger partial charge in [-0.15, -0.1) is 0 Å². The number of halogens is 3. The molecule has 7 heteroatoms. The van der Waals surface area contributed by atoms with Crippen molar-refractivity contribution in [2.45, 2.75) is 20.0 Å². The molecule has 2 N–H and O–H groups in total. The Bertz CT molecular complexity index is 195. The summed E-state index contributed by atoms with van der Waals surface area (Å²) in [5.41, 5.74) is 2.03. The van der Waals surface area contributed by atoms with E-state index in [2.05, 4.69) is 0 Å². The lowest BCUT2D eigenvalue weighted by molar-refractivity contribution is -0.136. The quantitative estimate of drug-likeness (QED) is 0.662. The van der Waals surface area contributed by atoms with Crippen LogP contribution in [0.1, 0.15) is 13.8 Å². The molecule has 0 aromatic heterocycles. The minimum atomic E-state index is -4.31. The van der Waals surface area contributed by atoms with E-state index in [1.54, 1.807) is 0 Å². The third-order valence-electron chi connectivity index (χ3n) is 1.21. The fourth-order valence-electron chi connectivity index (χ4n) is 0.643. The number of nitrogens with one attached hydrogen (secondary N) is 2. The highest BCUT2D eigenvalue weighted by Gasteiger charge is 2.26. The van der Waals surface area contributed by atoms with Crippen molar-refractivity contribution >= 4 is 5.91 Å². The summed E-state index contributed by atoms with van der Waals surface area (Å²) < 4.78 is 34.9. The van der Waals surface area contributed by atoms with Gasteiger partial charge in [0.15, 0.2) is 0 Å². The van der Waals surface area contributed by atoms with Crippen molar-refractivity contribution in [3.05, 3.63) is 0 Å². The maximum atomic E-state index is 11.6. The molecule has 0 atom stereocenters. The summed E-state index contributed by atoms with van der Waals surface area (Å²) in [6.07, 6.45) is -4.31. The van der Waals surface area contributed by atoms with Gasteiger partial charge in [-0.3, -0.25) is 9.63 Å². The second-order valence-corrected chi connectivity index (χ2v) is 3.45. The molecule has 0 saturated heterocycles. The molecule has 4 nitrogen and oxygen atoms in total. The first-order valence-corrected chi connectivity index (χ1v) is 4.49. The van der Waals surface area contributed by atoms with Crippen LogP contribution in [0.3, 0.4) is 0 Å². The van der Waals surface area contributed by atoms with Crippen LogP contribution in [0.15, 0.2) is 0 Å². The van der Waals surface area contributed by atoms with Gasteiger partial charge in [-0.1, -0.05) is 13.8 Å². The average molecular weight is 228 g/mol. The first kappa shape index (κ1) is 14.2. The maximum absolute atomic E-state index is 11.6.